The Morgan fingerprint density at radius 1 is 1.28 bits per heavy atom. The number of rotatable bonds is 7. The first-order valence-corrected chi connectivity index (χ1v) is 11.5. The summed E-state index contributed by atoms with van der Waals surface area (Å²) in [5.74, 6) is -0.306. The number of nitrogens with one attached hydrogen (secondary N) is 1. The zero-order valence-electron chi connectivity index (χ0n) is 18.5. The van der Waals surface area contributed by atoms with Crippen LogP contribution in [0.1, 0.15) is 40.2 Å². The van der Waals surface area contributed by atoms with E-state index in [-0.39, 0.29) is 17.8 Å². The van der Waals surface area contributed by atoms with Gasteiger partial charge in [0.25, 0.3) is 5.91 Å². The highest BCUT2D eigenvalue weighted by Gasteiger charge is 2.25. The number of carbonyl (C=O) groups excluding carboxylic acids is 1. The largest absolute Gasteiger partial charge is 0.482 e. The van der Waals surface area contributed by atoms with Crippen LogP contribution in [-0.4, -0.2) is 43.0 Å². The summed E-state index contributed by atoms with van der Waals surface area (Å²) in [6, 6.07) is 8.78. The lowest BCUT2D eigenvalue weighted by Gasteiger charge is -2.22. The second-order valence-corrected chi connectivity index (χ2v) is 8.72. The molecule has 1 aromatic carbocycles. The van der Waals surface area contributed by atoms with Gasteiger partial charge in [0.2, 0.25) is 0 Å². The lowest BCUT2D eigenvalue weighted by atomic mass is 10.1. The van der Waals surface area contributed by atoms with Crippen LogP contribution in [0.2, 0.25) is 0 Å². The summed E-state index contributed by atoms with van der Waals surface area (Å²) in [4.78, 5) is 22.0. The first-order valence-electron chi connectivity index (χ1n) is 10.7. The zero-order valence-corrected chi connectivity index (χ0v) is 19.3. The van der Waals surface area contributed by atoms with Crippen LogP contribution in [-0.2, 0) is 6.54 Å². The molecule has 6 nitrogen and oxygen atoms in total. The summed E-state index contributed by atoms with van der Waals surface area (Å²) in [7, 11) is 3.82. The van der Waals surface area contributed by atoms with Crippen LogP contribution in [0.15, 0.2) is 48.1 Å². The Hall–Kier alpha value is -3.13. The Morgan fingerprint density at radius 3 is 2.88 bits per heavy atom. The van der Waals surface area contributed by atoms with Gasteiger partial charge in [-0.3, -0.25) is 9.78 Å². The van der Waals surface area contributed by atoms with Crippen LogP contribution in [0.5, 0.6) is 5.75 Å². The predicted octanol–water partition coefficient (Wildman–Crippen LogP) is 4.95. The molecule has 1 aliphatic heterocycles. The number of hydrogen-bond acceptors (Lipinski definition) is 6. The monoisotopic (exact) mass is 454 g/mol. The molecule has 4 rings (SSSR count). The van der Waals surface area contributed by atoms with Gasteiger partial charge in [-0.25, -0.2) is 4.39 Å². The topological polar surface area (TPSA) is 57.7 Å². The predicted molar refractivity (Wildman–Crippen MR) is 126 cm³/mol. The summed E-state index contributed by atoms with van der Waals surface area (Å²) >= 11 is 1.59. The second-order valence-electron chi connectivity index (χ2n) is 7.77. The third-order valence-corrected chi connectivity index (χ3v) is 6.71. The average molecular weight is 455 g/mol. The van der Waals surface area contributed by atoms with E-state index in [0.717, 1.165) is 28.2 Å². The molecule has 0 saturated carbocycles. The van der Waals surface area contributed by atoms with Gasteiger partial charge in [-0.2, -0.15) is 0 Å². The van der Waals surface area contributed by atoms with Gasteiger partial charge in [0.05, 0.1) is 21.8 Å². The van der Waals surface area contributed by atoms with Crippen LogP contribution >= 0.6 is 11.3 Å². The molecule has 168 valence electrons. The summed E-state index contributed by atoms with van der Waals surface area (Å²) in [6.07, 6.45) is 3.77. The number of ether oxygens (including phenoxy) is 1. The number of amides is 1. The molecule has 2 aromatic heterocycles. The van der Waals surface area contributed by atoms with Crippen LogP contribution in [0.4, 0.5) is 15.8 Å². The Bertz CT molecular complexity index is 1100. The van der Waals surface area contributed by atoms with E-state index < -0.39 is 5.82 Å². The van der Waals surface area contributed by atoms with Crippen LogP contribution in [0, 0.1) is 5.82 Å². The molecule has 32 heavy (non-hydrogen) atoms. The molecule has 3 heterocycles. The number of halogens is 1. The quantitative estimate of drug-likeness (QED) is 0.548. The highest BCUT2D eigenvalue weighted by atomic mass is 32.1. The number of carbonyl (C=O) groups is 1. The fourth-order valence-corrected chi connectivity index (χ4v) is 4.92. The number of aromatic nitrogens is 1. The molecule has 1 atom stereocenters. The van der Waals surface area contributed by atoms with Gasteiger partial charge in [0.15, 0.2) is 11.6 Å². The standard InChI is InChI=1S/C24H27FN4O2S/c1-4-21(23-19(26-2)8-12-32-23)31-22-6-5-16(13-18(22)25)15-29-11-10-28(3)20-7-9-27-14-17(20)24(29)30/h5-9,12-14,21,26H,4,10-11,15H2,1-3H3/t21-/m0/s1. The van der Waals surface area contributed by atoms with Crippen molar-refractivity contribution in [2.45, 2.75) is 26.0 Å². The van der Waals surface area contributed by atoms with Gasteiger partial charge in [0, 0.05) is 46.1 Å². The van der Waals surface area contributed by atoms with E-state index in [2.05, 4.69) is 10.3 Å². The molecule has 1 aliphatic rings. The van der Waals surface area contributed by atoms with Crippen molar-refractivity contribution >= 4 is 28.6 Å². The van der Waals surface area contributed by atoms with Gasteiger partial charge in [-0.05, 0) is 41.6 Å². The first kappa shape index (κ1) is 22.1. The van der Waals surface area contributed by atoms with Gasteiger partial charge in [-0.15, -0.1) is 11.3 Å². The van der Waals surface area contributed by atoms with E-state index in [0.29, 0.717) is 25.2 Å². The average Bonchev–Trinajstić information content (AvgIpc) is 3.25. The minimum Gasteiger partial charge on any atom is -0.482 e. The molecule has 1 amide bonds. The third kappa shape index (κ3) is 4.41. The van der Waals surface area contributed by atoms with Crippen molar-refractivity contribution in [2.75, 3.05) is 37.4 Å². The molecule has 1 N–H and O–H groups in total. The lowest BCUT2D eigenvalue weighted by molar-refractivity contribution is 0.0754. The minimum absolute atomic E-state index is 0.0958. The molecule has 0 fully saturated rings. The maximum absolute atomic E-state index is 14.9. The van der Waals surface area contributed by atoms with E-state index >= 15 is 0 Å². The van der Waals surface area contributed by atoms with Crippen LogP contribution < -0.4 is 15.0 Å². The Kier molecular flexibility index (Phi) is 6.60. The minimum atomic E-state index is -0.426. The van der Waals surface area contributed by atoms with E-state index in [1.807, 2.05) is 49.5 Å². The molecule has 0 unspecified atom stereocenters. The van der Waals surface area contributed by atoms with Crippen molar-refractivity contribution in [3.63, 3.8) is 0 Å². The summed E-state index contributed by atoms with van der Waals surface area (Å²) < 4.78 is 21.0. The van der Waals surface area contributed by atoms with Crippen molar-refractivity contribution in [1.82, 2.24) is 9.88 Å². The summed E-state index contributed by atoms with van der Waals surface area (Å²) in [6.45, 7) is 3.58. The van der Waals surface area contributed by atoms with Crippen molar-refractivity contribution < 1.29 is 13.9 Å². The number of pyridine rings is 1. The highest BCUT2D eigenvalue weighted by Crippen LogP contribution is 2.35. The molecule has 0 radical (unpaired) electrons. The van der Waals surface area contributed by atoms with E-state index in [1.165, 1.54) is 6.07 Å². The van der Waals surface area contributed by atoms with Crippen molar-refractivity contribution in [3.05, 3.63) is 69.9 Å². The molecule has 8 heteroatoms. The maximum atomic E-state index is 14.9. The highest BCUT2D eigenvalue weighted by molar-refractivity contribution is 7.10. The van der Waals surface area contributed by atoms with Crippen molar-refractivity contribution in [1.29, 1.82) is 0 Å². The molecule has 3 aromatic rings. The van der Waals surface area contributed by atoms with Crippen molar-refractivity contribution in [2.24, 2.45) is 0 Å². The number of fused-ring (bicyclic) bond motifs is 1. The van der Waals surface area contributed by atoms with Gasteiger partial charge in [-0.1, -0.05) is 13.0 Å². The fourth-order valence-electron chi connectivity index (χ4n) is 3.91. The number of anilines is 2. The van der Waals surface area contributed by atoms with Gasteiger partial charge >= 0.3 is 0 Å². The lowest BCUT2D eigenvalue weighted by Crippen LogP contribution is -2.33. The fraction of sp³-hybridized carbons (Fsp3) is 0.333. The van der Waals surface area contributed by atoms with E-state index in [1.54, 1.807) is 34.7 Å². The van der Waals surface area contributed by atoms with Crippen molar-refractivity contribution in [3.8, 4) is 5.75 Å². The Balaban J connectivity index is 1.51. The maximum Gasteiger partial charge on any atom is 0.257 e. The van der Waals surface area contributed by atoms with Crippen LogP contribution in [0.3, 0.4) is 0 Å². The van der Waals surface area contributed by atoms with E-state index in [4.69, 9.17) is 4.74 Å². The number of benzene rings is 1. The normalized spacial score (nSPS) is 14.7. The van der Waals surface area contributed by atoms with Gasteiger partial charge in [0.1, 0.15) is 6.10 Å². The number of thiophene rings is 1. The molecular formula is C24H27FN4O2S. The Morgan fingerprint density at radius 2 is 2.12 bits per heavy atom. The molecule has 0 bridgehead atoms. The number of hydrogen-bond donors (Lipinski definition) is 1. The molecule has 0 aliphatic carbocycles. The molecule has 0 saturated heterocycles. The first-order chi connectivity index (χ1) is 15.5. The van der Waals surface area contributed by atoms with Crippen LogP contribution in [0.25, 0.3) is 0 Å². The molecule has 0 spiro atoms. The summed E-state index contributed by atoms with van der Waals surface area (Å²) in [5.41, 5.74) is 3.15. The molecular weight excluding hydrogens is 427 g/mol. The number of nitrogens with zero attached hydrogens (tertiary/aromatic N) is 3. The summed E-state index contributed by atoms with van der Waals surface area (Å²) in [5, 5.41) is 5.15. The Labute approximate surface area is 191 Å². The SMILES string of the molecule is CC[C@H](Oc1ccc(CN2CCN(C)c3ccncc3C2=O)cc1F)c1sccc1NC. The third-order valence-electron chi connectivity index (χ3n) is 5.70. The smallest absolute Gasteiger partial charge is 0.257 e. The zero-order chi connectivity index (χ0) is 22.7. The van der Waals surface area contributed by atoms with Gasteiger partial charge < -0.3 is 19.9 Å². The van der Waals surface area contributed by atoms with E-state index in [9.17, 15) is 9.18 Å². The number of likely N-dealkylation sites (N-methyl/N-ethyl adjacent to an activating group) is 1. The second kappa shape index (κ2) is 9.56.